The lowest BCUT2D eigenvalue weighted by molar-refractivity contribution is -0.145. The number of aliphatic hydroxyl groups is 1. The Labute approximate surface area is 116 Å². The van der Waals surface area contributed by atoms with Crippen molar-refractivity contribution in [2.45, 2.75) is 45.8 Å². The van der Waals surface area contributed by atoms with Crippen LogP contribution in [0.5, 0.6) is 0 Å². The second-order valence-corrected chi connectivity index (χ2v) is 5.42. The fourth-order valence-corrected chi connectivity index (χ4v) is 1.32. The number of carboxylic acids is 1. The molecule has 0 fully saturated rings. The van der Waals surface area contributed by atoms with Crippen LogP contribution in [-0.4, -0.2) is 51.0 Å². The van der Waals surface area contributed by atoms with Gasteiger partial charge in [-0.1, -0.05) is 20.8 Å². The van der Waals surface area contributed by atoms with Crippen LogP contribution in [-0.2, 0) is 14.4 Å². The lowest BCUT2D eigenvalue weighted by Crippen LogP contribution is -2.49. The van der Waals surface area contributed by atoms with Crippen LogP contribution in [0.1, 0.15) is 33.6 Å². The summed E-state index contributed by atoms with van der Waals surface area (Å²) in [6.07, 6.45) is -1.07. The summed E-state index contributed by atoms with van der Waals surface area (Å²) in [5.74, 6) is -2.69. The van der Waals surface area contributed by atoms with Crippen molar-refractivity contribution in [3.05, 3.63) is 5.53 Å². The number of Topliss-reactive ketones (excluding diaryl/α,β-unsaturated/α-hetero) is 1. The normalized spacial score (nSPS) is 13.8. The summed E-state index contributed by atoms with van der Waals surface area (Å²) < 4.78 is 0. The van der Waals surface area contributed by atoms with Gasteiger partial charge in [0.05, 0.1) is 0 Å². The lowest BCUT2D eigenvalue weighted by Gasteiger charge is -2.26. The summed E-state index contributed by atoms with van der Waals surface area (Å²) in [6, 6.07) is -1.30. The van der Waals surface area contributed by atoms with Crippen molar-refractivity contribution in [3.63, 3.8) is 0 Å². The molecule has 0 saturated heterocycles. The van der Waals surface area contributed by atoms with Gasteiger partial charge in [-0.05, 0) is 11.8 Å². The van der Waals surface area contributed by atoms with Crippen molar-refractivity contribution in [2.24, 2.45) is 5.41 Å². The highest BCUT2D eigenvalue weighted by Crippen LogP contribution is 2.19. The first-order valence-electron chi connectivity index (χ1n) is 6.01. The molecule has 0 heterocycles. The number of aliphatic carboxylic acids is 1. The number of ketones is 1. The highest BCUT2D eigenvalue weighted by Gasteiger charge is 2.32. The number of nitrogens with one attached hydrogen (secondary N) is 1. The van der Waals surface area contributed by atoms with Crippen LogP contribution in [0.25, 0.3) is 5.53 Å². The maximum Gasteiger partial charge on any atom is 0.326 e. The average Bonchev–Trinajstić information content (AvgIpc) is 2.31. The summed E-state index contributed by atoms with van der Waals surface area (Å²) in [5, 5.41) is 20.9. The second kappa shape index (κ2) is 7.52. The second-order valence-electron chi connectivity index (χ2n) is 5.42. The molecule has 0 aromatic heterocycles. The molecule has 0 bridgehead atoms. The molecule has 2 atom stereocenters. The first-order chi connectivity index (χ1) is 9.09. The van der Waals surface area contributed by atoms with E-state index >= 15 is 0 Å². The third-order valence-electron chi connectivity index (χ3n) is 2.56. The minimum atomic E-state index is -1.36. The number of aliphatic hydroxyl groups excluding tert-OH is 1. The molecule has 1 amide bonds. The van der Waals surface area contributed by atoms with Gasteiger partial charge in [-0.3, -0.25) is 9.59 Å². The molecule has 0 aliphatic heterocycles. The molecular weight excluding hydrogens is 266 g/mol. The van der Waals surface area contributed by atoms with Gasteiger partial charge in [-0.2, -0.15) is 4.79 Å². The number of nitrogens with zero attached hydrogens (tertiary/aromatic N) is 2. The van der Waals surface area contributed by atoms with E-state index in [1.54, 1.807) is 20.8 Å². The molecular formula is C12H19N3O5. The Kier molecular flexibility index (Phi) is 6.75. The first-order valence-corrected chi connectivity index (χ1v) is 6.01. The van der Waals surface area contributed by atoms with Gasteiger partial charge in [0.25, 0.3) is 0 Å². The number of rotatable bonds is 7. The molecule has 8 heteroatoms. The molecule has 3 N–H and O–H groups in total. The quantitative estimate of drug-likeness (QED) is 0.332. The van der Waals surface area contributed by atoms with E-state index in [0.717, 1.165) is 0 Å². The number of amides is 1. The fraction of sp³-hybridized carbons (Fsp3) is 0.667. The summed E-state index contributed by atoms with van der Waals surface area (Å²) in [4.78, 5) is 36.3. The van der Waals surface area contributed by atoms with Crippen molar-refractivity contribution in [2.75, 3.05) is 0 Å². The number of hydrogen-bond donors (Lipinski definition) is 3. The predicted octanol–water partition coefficient (Wildman–Crippen LogP) is -0.387. The van der Waals surface area contributed by atoms with Gasteiger partial charge in [0, 0.05) is 6.42 Å². The molecule has 0 rings (SSSR count). The summed E-state index contributed by atoms with van der Waals surface area (Å²) in [6.45, 7) is 4.90. The fourth-order valence-electron chi connectivity index (χ4n) is 1.32. The van der Waals surface area contributed by atoms with Crippen molar-refractivity contribution < 1.29 is 29.4 Å². The van der Waals surface area contributed by atoms with Crippen molar-refractivity contribution in [1.29, 1.82) is 0 Å². The van der Waals surface area contributed by atoms with E-state index < -0.39 is 35.2 Å². The van der Waals surface area contributed by atoms with Gasteiger partial charge in [0.15, 0.2) is 0 Å². The van der Waals surface area contributed by atoms with Crippen molar-refractivity contribution in [1.82, 2.24) is 5.32 Å². The molecule has 112 valence electrons. The summed E-state index contributed by atoms with van der Waals surface area (Å²) in [5.41, 5.74) is 7.42. The Morgan fingerprint density at radius 3 is 2.30 bits per heavy atom. The molecule has 20 heavy (non-hydrogen) atoms. The van der Waals surface area contributed by atoms with Gasteiger partial charge in [-0.15, -0.1) is 0 Å². The Balaban J connectivity index is 4.64. The van der Waals surface area contributed by atoms with E-state index in [1.165, 1.54) is 0 Å². The van der Waals surface area contributed by atoms with Gasteiger partial charge in [0.2, 0.25) is 11.7 Å². The number of carboxylic acid groups (broad SMARTS) is 1. The maximum absolute atomic E-state index is 11.7. The van der Waals surface area contributed by atoms with E-state index in [0.29, 0.717) is 6.21 Å². The molecule has 0 saturated carbocycles. The van der Waals surface area contributed by atoms with E-state index in [4.69, 9.17) is 10.6 Å². The maximum atomic E-state index is 11.7. The van der Waals surface area contributed by atoms with Crippen LogP contribution in [0.4, 0.5) is 0 Å². The largest absolute Gasteiger partial charge is 0.480 e. The SMILES string of the molecule is CC(C)(C)[C@H](O)C(=O)N[C@@H](CCC(=O)C=[N+]=[N-])C(=O)O. The van der Waals surface area contributed by atoms with E-state index in [9.17, 15) is 19.5 Å². The van der Waals surface area contributed by atoms with E-state index in [-0.39, 0.29) is 12.8 Å². The van der Waals surface area contributed by atoms with E-state index in [1.807, 2.05) is 0 Å². The molecule has 0 spiro atoms. The third kappa shape index (κ3) is 6.21. The number of carbonyl (C=O) groups is 3. The zero-order valence-electron chi connectivity index (χ0n) is 11.7. The molecule has 0 aliphatic rings. The zero-order valence-corrected chi connectivity index (χ0v) is 11.7. The summed E-state index contributed by atoms with van der Waals surface area (Å²) >= 11 is 0. The van der Waals surface area contributed by atoms with Gasteiger partial charge in [0.1, 0.15) is 12.1 Å². The monoisotopic (exact) mass is 285 g/mol. The lowest BCUT2D eigenvalue weighted by atomic mass is 9.88. The van der Waals surface area contributed by atoms with Gasteiger partial charge >= 0.3 is 12.2 Å². The Bertz CT molecular complexity index is 435. The van der Waals surface area contributed by atoms with Crippen LogP contribution in [0.15, 0.2) is 0 Å². The predicted molar refractivity (Wildman–Crippen MR) is 69.0 cm³/mol. The smallest absolute Gasteiger partial charge is 0.326 e. The Morgan fingerprint density at radius 2 is 1.90 bits per heavy atom. The first kappa shape index (κ1) is 17.9. The van der Waals surface area contributed by atoms with Crippen LogP contribution < -0.4 is 5.32 Å². The van der Waals surface area contributed by atoms with Crippen LogP contribution in [0.3, 0.4) is 0 Å². The molecule has 0 unspecified atom stereocenters. The highest BCUT2D eigenvalue weighted by molar-refractivity contribution is 6.25. The van der Waals surface area contributed by atoms with Crippen molar-refractivity contribution in [3.8, 4) is 0 Å². The number of carbonyl (C=O) groups excluding carboxylic acids is 2. The van der Waals surface area contributed by atoms with Crippen LogP contribution in [0.2, 0.25) is 0 Å². The zero-order chi connectivity index (χ0) is 15.9. The Morgan fingerprint density at radius 1 is 1.35 bits per heavy atom. The highest BCUT2D eigenvalue weighted by atomic mass is 16.4. The van der Waals surface area contributed by atoms with Crippen molar-refractivity contribution >= 4 is 23.9 Å². The minimum absolute atomic E-state index is 0.164. The average molecular weight is 285 g/mol. The molecule has 0 aliphatic carbocycles. The van der Waals surface area contributed by atoms with Gasteiger partial charge in [-0.25, -0.2) is 4.79 Å². The minimum Gasteiger partial charge on any atom is -0.480 e. The molecule has 0 radical (unpaired) electrons. The van der Waals surface area contributed by atoms with Crippen LogP contribution in [0, 0.1) is 5.41 Å². The third-order valence-corrected chi connectivity index (χ3v) is 2.56. The standard InChI is InChI=1S/C12H19N3O5/c1-12(2,3)9(17)10(18)15-8(11(19)20)5-4-7(16)6-14-13/h6,8-9,17H,4-5H2,1-3H3,(H,15,18)(H,19,20)/t8-,9+/m0/s1. The summed E-state index contributed by atoms with van der Waals surface area (Å²) in [7, 11) is 0. The molecule has 8 nitrogen and oxygen atoms in total. The molecule has 0 aromatic carbocycles. The number of hydrogen-bond acceptors (Lipinski definition) is 4. The van der Waals surface area contributed by atoms with E-state index in [2.05, 4.69) is 10.1 Å². The molecule has 0 aromatic rings. The van der Waals surface area contributed by atoms with Gasteiger partial charge < -0.3 is 21.1 Å². The Hall–Kier alpha value is -2.05. The van der Waals surface area contributed by atoms with Crippen LogP contribution >= 0.6 is 0 Å². The topological polar surface area (TPSA) is 140 Å².